The summed E-state index contributed by atoms with van der Waals surface area (Å²) in [5, 5.41) is 0. The maximum atomic E-state index is 12.6. The third-order valence-electron chi connectivity index (χ3n) is 4.98. The molecule has 0 aliphatic rings. The largest absolute Gasteiger partial charge is 0.461 e. The van der Waals surface area contributed by atoms with Gasteiger partial charge in [0.1, 0.15) is 6.61 Å². The summed E-state index contributed by atoms with van der Waals surface area (Å²) in [4.78, 5) is 12.6. The lowest BCUT2D eigenvalue weighted by atomic mass is 9.94. The number of carbonyl (C=O) groups excluding carboxylic acids is 1. The van der Waals surface area contributed by atoms with E-state index in [1.165, 1.54) is 38.5 Å². The lowest BCUT2D eigenvalue weighted by molar-refractivity contribution is -0.150. The molecule has 1 aromatic carbocycles. The molecule has 0 saturated carbocycles. The van der Waals surface area contributed by atoms with Gasteiger partial charge in [-0.15, -0.1) is 13.2 Å². The summed E-state index contributed by atoms with van der Waals surface area (Å²) >= 11 is 0. The first kappa shape index (κ1) is 23.2. The van der Waals surface area contributed by atoms with Crippen molar-refractivity contribution in [3.8, 4) is 0 Å². The van der Waals surface area contributed by atoms with Crippen LogP contribution in [-0.2, 0) is 16.1 Å². The summed E-state index contributed by atoms with van der Waals surface area (Å²) in [5.74, 6) is 0.0311. The molecule has 0 spiro atoms. The van der Waals surface area contributed by atoms with Crippen molar-refractivity contribution >= 4 is 5.97 Å². The number of hydrogen-bond acceptors (Lipinski definition) is 2. The molecule has 0 aliphatic heterocycles. The molecule has 0 radical (unpaired) electrons. The third kappa shape index (κ3) is 12.2. The molecule has 0 heterocycles. The Morgan fingerprint density at radius 2 is 1.33 bits per heavy atom. The summed E-state index contributed by atoms with van der Waals surface area (Å²) in [6.07, 6.45) is 17.5. The molecule has 0 unspecified atom stereocenters. The van der Waals surface area contributed by atoms with Crippen LogP contribution in [-0.4, -0.2) is 5.97 Å². The molecular formula is C25H38O2. The van der Waals surface area contributed by atoms with Crippen LogP contribution < -0.4 is 0 Å². The van der Waals surface area contributed by atoms with E-state index < -0.39 is 0 Å². The fourth-order valence-corrected chi connectivity index (χ4v) is 3.29. The first-order valence-electron chi connectivity index (χ1n) is 10.7. The Morgan fingerprint density at radius 1 is 0.815 bits per heavy atom. The monoisotopic (exact) mass is 370 g/mol. The van der Waals surface area contributed by atoms with E-state index in [9.17, 15) is 4.79 Å². The van der Waals surface area contributed by atoms with Gasteiger partial charge in [0.2, 0.25) is 0 Å². The molecule has 0 bridgehead atoms. The zero-order valence-electron chi connectivity index (χ0n) is 17.0. The molecule has 0 N–H and O–H groups in total. The predicted molar refractivity (Wildman–Crippen MR) is 116 cm³/mol. The number of unbranched alkanes of at least 4 members (excludes halogenated alkanes) is 8. The second-order valence-corrected chi connectivity index (χ2v) is 7.35. The Kier molecular flexibility index (Phi) is 14.1. The molecule has 1 aromatic rings. The Morgan fingerprint density at radius 3 is 1.85 bits per heavy atom. The normalized spacial score (nSPS) is 10.7. The van der Waals surface area contributed by atoms with Crippen LogP contribution in [0.2, 0.25) is 0 Å². The minimum absolute atomic E-state index is 0.0176. The molecule has 2 nitrogen and oxygen atoms in total. The number of hydrogen-bond donors (Lipinski definition) is 0. The van der Waals surface area contributed by atoms with Gasteiger partial charge in [-0.1, -0.05) is 81.0 Å². The molecule has 0 aromatic heterocycles. The van der Waals surface area contributed by atoms with Crippen molar-refractivity contribution in [3.63, 3.8) is 0 Å². The SMILES string of the molecule is C=CCCCCCCC(CCCCCCC=C)C(=O)OCc1ccccc1. The van der Waals surface area contributed by atoms with E-state index in [-0.39, 0.29) is 11.9 Å². The van der Waals surface area contributed by atoms with Crippen LogP contribution in [0.4, 0.5) is 0 Å². The summed E-state index contributed by atoms with van der Waals surface area (Å²) in [6.45, 7) is 7.92. The Bertz CT molecular complexity index is 486. The fourth-order valence-electron chi connectivity index (χ4n) is 3.29. The quantitative estimate of drug-likeness (QED) is 0.162. The lowest BCUT2D eigenvalue weighted by Gasteiger charge is -2.16. The van der Waals surface area contributed by atoms with Gasteiger partial charge >= 0.3 is 5.97 Å². The average Bonchev–Trinajstić information content (AvgIpc) is 2.70. The number of rotatable bonds is 17. The smallest absolute Gasteiger partial charge is 0.309 e. The molecule has 1 rings (SSSR count). The topological polar surface area (TPSA) is 26.3 Å². The highest BCUT2D eigenvalue weighted by molar-refractivity contribution is 5.72. The van der Waals surface area contributed by atoms with Gasteiger partial charge in [-0.25, -0.2) is 0 Å². The second-order valence-electron chi connectivity index (χ2n) is 7.35. The molecule has 0 atom stereocenters. The molecular weight excluding hydrogens is 332 g/mol. The number of ether oxygens (including phenoxy) is 1. The van der Waals surface area contributed by atoms with E-state index in [0.29, 0.717) is 6.61 Å². The van der Waals surface area contributed by atoms with Gasteiger partial charge in [0.15, 0.2) is 0 Å². The van der Waals surface area contributed by atoms with Gasteiger partial charge in [-0.2, -0.15) is 0 Å². The lowest BCUT2D eigenvalue weighted by Crippen LogP contribution is -2.18. The highest BCUT2D eigenvalue weighted by Gasteiger charge is 2.19. The molecule has 150 valence electrons. The number of esters is 1. The van der Waals surface area contributed by atoms with Gasteiger partial charge < -0.3 is 4.74 Å². The van der Waals surface area contributed by atoms with E-state index in [4.69, 9.17) is 4.74 Å². The van der Waals surface area contributed by atoms with E-state index in [1.54, 1.807) is 0 Å². The Labute approximate surface area is 166 Å². The first-order valence-corrected chi connectivity index (χ1v) is 10.7. The highest BCUT2D eigenvalue weighted by Crippen LogP contribution is 2.21. The van der Waals surface area contributed by atoms with E-state index in [0.717, 1.165) is 44.1 Å². The maximum Gasteiger partial charge on any atom is 0.309 e. The zero-order chi connectivity index (χ0) is 19.6. The molecule has 0 amide bonds. The molecule has 0 fully saturated rings. The van der Waals surface area contributed by atoms with Crippen LogP contribution in [0.25, 0.3) is 0 Å². The van der Waals surface area contributed by atoms with Crippen LogP contribution in [0.3, 0.4) is 0 Å². The van der Waals surface area contributed by atoms with Crippen molar-refractivity contribution in [2.45, 2.75) is 83.7 Å². The summed E-state index contributed by atoms with van der Waals surface area (Å²) < 4.78 is 5.62. The summed E-state index contributed by atoms with van der Waals surface area (Å²) in [7, 11) is 0. The fraction of sp³-hybridized carbons (Fsp3) is 0.560. The highest BCUT2D eigenvalue weighted by atomic mass is 16.5. The Balaban J connectivity index is 2.35. The molecule has 0 aliphatic carbocycles. The second kappa shape index (κ2) is 16.4. The van der Waals surface area contributed by atoms with Gasteiger partial charge in [0.05, 0.1) is 5.92 Å². The van der Waals surface area contributed by atoms with Crippen molar-refractivity contribution in [1.29, 1.82) is 0 Å². The maximum absolute atomic E-state index is 12.6. The third-order valence-corrected chi connectivity index (χ3v) is 4.98. The molecule has 2 heteroatoms. The Hall–Kier alpha value is -1.83. The number of carbonyl (C=O) groups is 1. The number of benzene rings is 1. The van der Waals surface area contributed by atoms with Crippen molar-refractivity contribution in [2.75, 3.05) is 0 Å². The van der Waals surface area contributed by atoms with E-state index in [2.05, 4.69) is 13.2 Å². The van der Waals surface area contributed by atoms with Gasteiger partial charge in [0.25, 0.3) is 0 Å². The van der Waals surface area contributed by atoms with E-state index in [1.807, 2.05) is 42.5 Å². The van der Waals surface area contributed by atoms with Crippen molar-refractivity contribution < 1.29 is 9.53 Å². The van der Waals surface area contributed by atoms with Gasteiger partial charge in [-0.3, -0.25) is 4.79 Å². The van der Waals surface area contributed by atoms with Crippen molar-refractivity contribution in [1.82, 2.24) is 0 Å². The predicted octanol–water partition coefficient (Wildman–Crippen LogP) is 7.40. The standard InChI is InChI=1S/C25H38O2/c1-3-5-7-9-11-16-20-24(21-17-12-10-8-6-4-2)25(26)27-22-23-18-14-13-15-19-23/h3-4,13-15,18-19,24H,1-2,5-12,16-17,20-22H2. The van der Waals surface area contributed by atoms with Crippen molar-refractivity contribution in [2.24, 2.45) is 5.92 Å². The molecule has 0 saturated heterocycles. The van der Waals surface area contributed by atoms with E-state index >= 15 is 0 Å². The number of allylic oxidation sites excluding steroid dienone is 2. The van der Waals surface area contributed by atoms with Crippen LogP contribution in [0, 0.1) is 5.92 Å². The van der Waals surface area contributed by atoms with Crippen LogP contribution in [0.15, 0.2) is 55.6 Å². The van der Waals surface area contributed by atoms with Gasteiger partial charge in [0, 0.05) is 0 Å². The van der Waals surface area contributed by atoms with Crippen molar-refractivity contribution in [3.05, 3.63) is 61.2 Å². The zero-order valence-corrected chi connectivity index (χ0v) is 17.0. The average molecular weight is 371 g/mol. The van der Waals surface area contributed by atoms with Crippen LogP contribution >= 0.6 is 0 Å². The van der Waals surface area contributed by atoms with Crippen LogP contribution in [0.5, 0.6) is 0 Å². The minimum atomic E-state index is -0.0176. The van der Waals surface area contributed by atoms with Crippen LogP contribution in [0.1, 0.15) is 82.6 Å². The minimum Gasteiger partial charge on any atom is -0.461 e. The van der Waals surface area contributed by atoms with Gasteiger partial charge in [-0.05, 0) is 44.1 Å². The molecule has 27 heavy (non-hydrogen) atoms. The summed E-state index contributed by atoms with van der Waals surface area (Å²) in [5.41, 5.74) is 1.05. The summed E-state index contributed by atoms with van der Waals surface area (Å²) in [6, 6.07) is 9.94. The first-order chi connectivity index (χ1) is 13.3.